The van der Waals surface area contributed by atoms with Crippen LogP contribution in [0.15, 0.2) is 36.4 Å². The predicted octanol–water partition coefficient (Wildman–Crippen LogP) is 4.05. The Morgan fingerprint density at radius 2 is 2.00 bits per heavy atom. The summed E-state index contributed by atoms with van der Waals surface area (Å²) in [7, 11) is 0. The molecule has 0 bridgehead atoms. The highest BCUT2D eigenvalue weighted by molar-refractivity contribution is 5.89. The summed E-state index contributed by atoms with van der Waals surface area (Å²) in [4.78, 5) is 21.5. The van der Waals surface area contributed by atoms with Gasteiger partial charge in [0.15, 0.2) is 5.82 Å². The molecular formula is C16H15FN2O4. The average Bonchev–Trinajstić information content (AvgIpc) is 2.50. The van der Waals surface area contributed by atoms with Crippen molar-refractivity contribution in [2.24, 2.45) is 0 Å². The van der Waals surface area contributed by atoms with Gasteiger partial charge in [-0.15, -0.1) is 0 Å². The van der Waals surface area contributed by atoms with Crippen LogP contribution in [0.5, 0.6) is 11.5 Å². The Kier molecular flexibility index (Phi) is 4.90. The molecule has 0 aliphatic rings. The van der Waals surface area contributed by atoms with Crippen LogP contribution in [-0.4, -0.2) is 10.8 Å². The predicted molar refractivity (Wildman–Crippen MR) is 83.3 cm³/mol. The van der Waals surface area contributed by atoms with Gasteiger partial charge in [-0.25, -0.2) is 4.39 Å². The Balaban J connectivity index is 2.50. The van der Waals surface area contributed by atoms with E-state index >= 15 is 0 Å². The summed E-state index contributed by atoms with van der Waals surface area (Å²) in [5, 5.41) is 13.4. The topological polar surface area (TPSA) is 81.5 Å². The molecular weight excluding hydrogens is 303 g/mol. The van der Waals surface area contributed by atoms with Crippen molar-refractivity contribution in [1.82, 2.24) is 0 Å². The first-order chi connectivity index (χ1) is 10.9. The van der Waals surface area contributed by atoms with Gasteiger partial charge >= 0.3 is 5.69 Å². The Labute approximate surface area is 132 Å². The lowest BCUT2D eigenvalue weighted by Crippen LogP contribution is -2.08. The number of nitro benzene ring substituents is 1. The molecule has 0 spiro atoms. The molecule has 2 rings (SSSR count). The number of nitrogens with one attached hydrogen (secondary N) is 1. The van der Waals surface area contributed by atoms with Crippen molar-refractivity contribution in [1.29, 1.82) is 0 Å². The molecule has 23 heavy (non-hydrogen) atoms. The molecule has 0 aromatic heterocycles. The Bertz CT molecular complexity index is 762. The number of hydrogen-bond acceptors (Lipinski definition) is 4. The quantitative estimate of drug-likeness (QED) is 0.666. The standard InChI is InChI=1S/C16H15FN2O4/c1-3-11-6-4-5-7-15(11)23-16-9-13(18-10(2)20)12(17)8-14(16)19(21)22/h4-9H,3H2,1-2H3,(H,18,20). The van der Waals surface area contributed by atoms with E-state index in [0.29, 0.717) is 12.2 Å². The number of nitro groups is 1. The van der Waals surface area contributed by atoms with E-state index in [2.05, 4.69) is 5.32 Å². The first kappa shape index (κ1) is 16.4. The van der Waals surface area contributed by atoms with Crippen LogP contribution >= 0.6 is 0 Å². The number of carbonyl (C=O) groups excluding carboxylic acids is 1. The van der Waals surface area contributed by atoms with Crippen LogP contribution in [0.1, 0.15) is 19.4 Å². The minimum Gasteiger partial charge on any atom is -0.450 e. The molecule has 0 saturated carbocycles. The highest BCUT2D eigenvalue weighted by Gasteiger charge is 2.21. The molecule has 1 N–H and O–H groups in total. The van der Waals surface area contributed by atoms with Gasteiger partial charge in [-0.2, -0.15) is 0 Å². The monoisotopic (exact) mass is 318 g/mol. The van der Waals surface area contributed by atoms with E-state index in [1.807, 2.05) is 19.1 Å². The molecule has 0 aliphatic heterocycles. The molecule has 0 heterocycles. The van der Waals surface area contributed by atoms with Crippen molar-refractivity contribution in [3.63, 3.8) is 0 Å². The molecule has 1 amide bonds. The summed E-state index contributed by atoms with van der Waals surface area (Å²) in [6.07, 6.45) is 0.670. The fourth-order valence-corrected chi connectivity index (χ4v) is 2.07. The smallest absolute Gasteiger partial charge is 0.314 e. The third kappa shape index (κ3) is 3.82. The first-order valence-corrected chi connectivity index (χ1v) is 6.93. The SMILES string of the molecule is CCc1ccccc1Oc1cc(NC(C)=O)c(F)cc1[N+](=O)[O-]. The molecule has 0 atom stereocenters. The maximum absolute atomic E-state index is 13.9. The summed E-state index contributed by atoms with van der Waals surface area (Å²) in [5.41, 5.74) is 0.168. The summed E-state index contributed by atoms with van der Waals surface area (Å²) < 4.78 is 19.5. The summed E-state index contributed by atoms with van der Waals surface area (Å²) >= 11 is 0. The fraction of sp³-hybridized carbons (Fsp3) is 0.188. The minimum atomic E-state index is -0.900. The Morgan fingerprint density at radius 3 is 2.61 bits per heavy atom. The molecule has 2 aromatic rings. The van der Waals surface area contributed by atoms with E-state index in [4.69, 9.17) is 4.74 Å². The number of para-hydroxylation sites is 1. The van der Waals surface area contributed by atoms with Crippen LogP contribution in [0.2, 0.25) is 0 Å². The minimum absolute atomic E-state index is 0.138. The number of hydrogen-bond donors (Lipinski definition) is 1. The molecule has 120 valence electrons. The van der Waals surface area contributed by atoms with Gasteiger partial charge in [0.05, 0.1) is 16.7 Å². The molecule has 0 fully saturated rings. The molecule has 7 heteroatoms. The van der Waals surface area contributed by atoms with Gasteiger partial charge in [0.25, 0.3) is 0 Å². The number of carbonyl (C=O) groups is 1. The molecule has 0 saturated heterocycles. The largest absolute Gasteiger partial charge is 0.450 e. The number of amides is 1. The lowest BCUT2D eigenvalue weighted by molar-refractivity contribution is -0.385. The maximum atomic E-state index is 13.9. The molecule has 0 aliphatic carbocycles. The van der Waals surface area contributed by atoms with Gasteiger partial charge < -0.3 is 10.1 Å². The second kappa shape index (κ2) is 6.87. The molecule has 6 nitrogen and oxygen atoms in total. The third-order valence-electron chi connectivity index (χ3n) is 3.13. The van der Waals surface area contributed by atoms with Crippen molar-refractivity contribution in [3.05, 3.63) is 57.9 Å². The van der Waals surface area contributed by atoms with E-state index in [1.165, 1.54) is 6.92 Å². The van der Waals surface area contributed by atoms with Crippen LogP contribution < -0.4 is 10.1 Å². The Hall–Kier alpha value is -2.96. The second-order valence-corrected chi connectivity index (χ2v) is 4.80. The van der Waals surface area contributed by atoms with E-state index in [9.17, 15) is 19.3 Å². The number of ether oxygens (including phenoxy) is 1. The summed E-state index contributed by atoms with van der Waals surface area (Å²) in [5.74, 6) is -1.08. The van der Waals surface area contributed by atoms with E-state index < -0.39 is 22.3 Å². The van der Waals surface area contributed by atoms with Crippen LogP contribution in [0, 0.1) is 15.9 Å². The first-order valence-electron chi connectivity index (χ1n) is 6.93. The molecule has 0 unspecified atom stereocenters. The van der Waals surface area contributed by atoms with Crippen LogP contribution in [-0.2, 0) is 11.2 Å². The molecule has 0 radical (unpaired) electrons. The summed E-state index contributed by atoms with van der Waals surface area (Å²) in [6, 6.07) is 8.91. The zero-order valence-corrected chi connectivity index (χ0v) is 12.6. The zero-order valence-electron chi connectivity index (χ0n) is 12.6. The number of halogens is 1. The van der Waals surface area contributed by atoms with Crippen molar-refractivity contribution < 1.29 is 18.8 Å². The second-order valence-electron chi connectivity index (χ2n) is 4.80. The number of nitrogens with zero attached hydrogens (tertiary/aromatic N) is 1. The Morgan fingerprint density at radius 1 is 1.30 bits per heavy atom. The highest BCUT2D eigenvalue weighted by Crippen LogP contribution is 2.36. The normalized spacial score (nSPS) is 10.2. The summed E-state index contributed by atoms with van der Waals surface area (Å²) in [6.45, 7) is 3.14. The van der Waals surface area contributed by atoms with Crippen molar-refractivity contribution in [2.75, 3.05) is 5.32 Å². The van der Waals surface area contributed by atoms with E-state index in [-0.39, 0.29) is 11.4 Å². The lowest BCUT2D eigenvalue weighted by atomic mass is 10.1. The van der Waals surface area contributed by atoms with Crippen LogP contribution in [0.25, 0.3) is 0 Å². The van der Waals surface area contributed by atoms with Crippen LogP contribution in [0.4, 0.5) is 15.8 Å². The number of rotatable bonds is 5. The van der Waals surface area contributed by atoms with Crippen molar-refractivity contribution in [2.45, 2.75) is 20.3 Å². The van der Waals surface area contributed by atoms with Crippen molar-refractivity contribution >= 4 is 17.3 Å². The number of anilines is 1. The number of aryl methyl sites for hydroxylation is 1. The fourth-order valence-electron chi connectivity index (χ4n) is 2.07. The van der Waals surface area contributed by atoms with Crippen molar-refractivity contribution in [3.8, 4) is 11.5 Å². The van der Waals surface area contributed by atoms with E-state index in [0.717, 1.165) is 17.7 Å². The van der Waals surface area contributed by atoms with Gasteiger partial charge in [0.2, 0.25) is 11.7 Å². The lowest BCUT2D eigenvalue weighted by Gasteiger charge is -2.12. The number of benzene rings is 2. The van der Waals surface area contributed by atoms with Gasteiger partial charge in [0.1, 0.15) is 5.75 Å². The van der Waals surface area contributed by atoms with E-state index in [1.54, 1.807) is 12.1 Å². The van der Waals surface area contributed by atoms with Gasteiger partial charge in [-0.05, 0) is 18.1 Å². The molecule has 2 aromatic carbocycles. The third-order valence-corrected chi connectivity index (χ3v) is 3.13. The zero-order chi connectivity index (χ0) is 17.0. The average molecular weight is 318 g/mol. The van der Waals surface area contributed by atoms with Gasteiger partial charge in [-0.3, -0.25) is 14.9 Å². The van der Waals surface area contributed by atoms with Gasteiger partial charge in [0, 0.05) is 13.0 Å². The maximum Gasteiger partial charge on any atom is 0.314 e. The van der Waals surface area contributed by atoms with Gasteiger partial charge in [-0.1, -0.05) is 25.1 Å². The van der Waals surface area contributed by atoms with Crippen LogP contribution in [0.3, 0.4) is 0 Å². The highest BCUT2D eigenvalue weighted by atomic mass is 19.1.